The maximum atomic E-state index is 12.5. The highest BCUT2D eigenvalue weighted by Gasteiger charge is 2.17. The van der Waals surface area contributed by atoms with Crippen LogP contribution < -0.4 is 14.8 Å². The Morgan fingerprint density at radius 1 is 0.969 bits per heavy atom. The predicted octanol–water partition coefficient (Wildman–Crippen LogP) is 4.08. The van der Waals surface area contributed by atoms with Crippen LogP contribution in [0, 0.1) is 0 Å². The molecule has 0 saturated heterocycles. The molecule has 1 amide bonds. The number of thioether (sulfide) groups is 1. The summed E-state index contributed by atoms with van der Waals surface area (Å²) in [6.07, 6.45) is 3.41. The van der Waals surface area contributed by atoms with Crippen molar-refractivity contribution in [2.75, 3.05) is 25.3 Å². The lowest BCUT2D eigenvalue weighted by Crippen LogP contribution is -2.14. The molecular weight excluding hydrogens is 426 g/mol. The van der Waals surface area contributed by atoms with Crippen molar-refractivity contribution in [1.29, 1.82) is 0 Å². The molecule has 0 spiro atoms. The van der Waals surface area contributed by atoms with E-state index in [-0.39, 0.29) is 11.7 Å². The summed E-state index contributed by atoms with van der Waals surface area (Å²) in [5.74, 6) is 2.10. The van der Waals surface area contributed by atoms with Crippen LogP contribution >= 0.6 is 11.8 Å². The van der Waals surface area contributed by atoms with E-state index in [1.165, 1.54) is 11.8 Å². The predicted molar refractivity (Wildman–Crippen MR) is 123 cm³/mol. The number of benzene rings is 2. The van der Waals surface area contributed by atoms with Crippen molar-refractivity contribution in [2.24, 2.45) is 0 Å². The van der Waals surface area contributed by atoms with Crippen molar-refractivity contribution in [1.82, 2.24) is 19.7 Å². The van der Waals surface area contributed by atoms with Crippen molar-refractivity contribution < 1.29 is 14.3 Å². The summed E-state index contributed by atoms with van der Waals surface area (Å²) in [6.45, 7) is 0. The first-order chi connectivity index (χ1) is 15.7. The summed E-state index contributed by atoms with van der Waals surface area (Å²) in [5.41, 5.74) is 2.40. The lowest BCUT2D eigenvalue weighted by Gasteiger charge is -2.11. The van der Waals surface area contributed by atoms with Crippen molar-refractivity contribution in [2.45, 2.75) is 5.16 Å². The number of rotatable bonds is 8. The van der Waals surface area contributed by atoms with Crippen molar-refractivity contribution >= 4 is 23.4 Å². The second-order valence-corrected chi connectivity index (χ2v) is 7.59. The smallest absolute Gasteiger partial charge is 0.234 e. The Balaban J connectivity index is 1.57. The van der Waals surface area contributed by atoms with Gasteiger partial charge in [-0.2, -0.15) is 0 Å². The minimum Gasteiger partial charge on any atom is -0.497 e. The number of anilines is 1. The maximum absolute atomic E-state index is 12.5. The number of carbonyl (C=O) groups is 1. The first-order valence-corrected chi connectivity index (χ1v) is 10.7. The molecule has 0 aliphatic rings. The molecular formula is C23H21N5O3S. The van der Waals surface area contributed by atoms with Gasteiger partial charge in [0, 0.05) is 35.4 Å². The zero-order valence-electron chi connectivity index (χ0n) is 17.6. The Kier molecular flexibility index (Phi) is 6.66. The molecule has 0 aliphatic carbocycles. The van der Waals surface area contributed by atoms with Gasteiger partial charge in [0.15, 0.2) is 11.0 Å². The zero-order valence-corrected chi connectivity index (χ0v) is 18.4. The van der Waals surface area contributed by atoms with Gasteiger partial charge < -0.3 is 14.8 Å². The SMILES string of the molecule is COc1ccc(-n2c(SCC(=O)Nc3cccc(OC)c3)nnc2-c2ccncc2)cc1. The van der Waals surface area contributed by atoms with Crippen molar-refractivity contribution in [3.05, 3.63) is 73.1 Å². The van der Waals surface area contributed by atoms with Crippen LogP contribution in [-0.4, -0.2) is 45.6 Å². The van der Waals surface area contributed by atoms with Crippen LogP contribution in [0.4, 0.5) is 5.69 Å². The van der Waals surface area contributed by atoms with Gasteiger partial charge in [0.25, 0.3) is 0 Å². The van der Waals surface area contributed by atoms with E-state index < -0.39 is 0 Å². The summed E-state index contributed by atoms with van der Waals surface area (Å²) >= 11 is 1.30. The van der Waals surface area contributed by atoms with Crippen LogP contribution in [-0.2, 0) is 4.79 Å². The summed E-state index contributed by atoms with van der Waals surface area (Å²) in [5, 5.41) is 12.2. The van der Waals surface area contributed by atoms with Gasteiger partial charge in [-0.25, -0.2) is 0 Å². The number of methoxy groups -OCH3 is 2. The largest absolute Gasteiger partial charge is 0.497 e. The molecule has 4 aromatic rings. The maximum Gasteiger partial charge on any atom is 0.234 e. The molecule has 2 aromatic carbocycles. The molecule has 162 valence electrons. The number of pyridine rings is 1. The first-order valence-electron chi connectivity index (χ1n) is 9.75. The van der Waals surface area contributed by atoms with E-state index in [2.05, 4.69) is 20.5 Å². The first kappa shape index (κ1) is 21.4. The lowest BCUT2D eigenvalue weighted by molar-refractivity contribution is -0.113. The van der Waals surface area contributed by atoms with Crippen LogP contribution in [0.3, 0.4) is 0 Å². The number of hydrogen-bond acceptors (Lipinski definition) is 7. The molecule has 0 aliphatic heterocycles. The van der Waals surface area contributed by atoms with Gasteiger partial charge in [-0.05, 0) is 48.5 Å². The lowest BCUT2D eigenvalue weighted by atomic mass is 10.2. The van der Waals surface area contributed by atoms with E-state index in [1.807, 2.05) is 59.2 Å². The number of amides is 1. The van der Waals surface area contributed by atoms with E-state index in [4.69, 9.17) is 9.47 Å². The van der Waals surface area contributed by atoms with Gasteiger partial charge in [0.2, 0.25) is 5.91 Å². The Bertz CT molecular complexity index is 1200. The fraction of sp³-hybridized carbons (Fsp3) is 0.130. The Morgan fingerprint density at radius 3 is 2.44 bits per heavy atom. The van der Waals surface area contributed by atoms with Gasteiger partial charge in [-0.15, -0.1) is 10.2 Å². The minimum absolute atomic E-state index is 0.155. The van der Waals surface area contributed by atoms with Crippen LogP contribution in [0.1, 0.15) is 0 Å². The molecule has 1 N–H and O–H groups in total. The topological polar surface area (TPSA) is 91.2 Å². The zero-order chi connectivity index (χ0) is 22.3. The van der Waals surface area contributed by atoms with Gasteiger partial charge in [0.1, 0.15) is 11.5 Å². The summed E-state index contributed by atoms with van der Waals surface area (Å²) in [7, 11) is 3.21. The number of nitrogens with zero attached hydrogens (tertiary/aromatic N) is 4. The van der Waals surface area contributed by atoms with Gasteiger partial charge in [-0.1, -0.05) is 17.8 Å². The van der Waals surface area contributed by atoms with Gasteiger partial charge in [0.05, 0.1) is 20.0 Å². The van der Waals surface area contributed by atoms with Crippen LogP contribution in [0.25, 0.3) is 17.1 Å². The molecule has 0 bridgehead atoms. The third-order valence-corrected chi connectivity index (χ3v) is 5.52. The molecule has 4 rings (SSSR count). The van der Waals surface area contributed by atoms with Crippen LogP contribution in [0.2, 0.25) is 0 Å². The van der Waals surface area contributed by atoms with Crippen molar-refractivity contribution in [3.8, 4) is 28.6 Å². The highest BCUT2D eigenvalue weighted by Crippen LogP contribution is 2.29. The average Bonchev–Trinajstić information content (AvgIpc) is 3.27. The molecule has 32 heavy (non-hydrogen) atoms. The molecule has 0 radical (unpaired) electrons. The molecule has 0 unspecified atom stereocenters. The second kappa shape index (κ2) is 9.97. The molecule has 0 atom stereocenters. The minimum atomic E-state index is -0.155. The van der Waals surface area contributed by atoms with Crippen LogP contribution in [0.5, 0.6) is 11.5 Å². The Labute approximate surface area is 189 Å². The van der Waals surface area contributed by atoms with Gasteiger partial charge >= 0.3 is 0 Å². The van der Waals surface area contributed by atoms with Gasteiger partial charge in [-0.3, -0.25) is 14.3 Å². The van der Waals surface area contributed by atoms with Crippen LogP contribution in [0.15, 0.2) is 78.2 Å². The number of carbonyl (C=O) groups excluding carboxylic acids is 1. The Hall–Kier alpha value is -3.85. The third kappa shape index (κ3) is 4.89. The number of nitrogens with one attached hydrogen (secondary N) is 1. The highest BCUT2D eigenvalue weighted by atomic mass is 32.2. The monoisotopic (exact) mass is 447 g/mol. The number of aromatic nitrogens is 4. The van der Waals surface area contributed by atoms with E-state index in [0.717, 1.165) is 17.0 Å². The molecule has 2 aromatic heterocycles. The van der Waals surface area contributed by atoms with E-state index in [1.54, 1.807) is 32.7 Å². The molecule has 0 saturated carbocycles. The second-order valence-electron chi connectivity index (χ2n) is 6.64. The number of hydrogen-bond donors (Lipinski definition) is 1. The average molecular weight is 448 g/mol. The molecule has 0 fully saturated rings. The Morgan fingerprint density at radius 2 is 1.72 bits per heavy atom. The van der Waals surface area contributed by atoms with Crippen molar-refractivity contribution in [3.63, 3.8) is 0 Å². The standard InChI is InChI=1S/C23H21N5O3S/c1-30-19-8-6-18(7-9-19)28-22(16-10-12-24-13-11-16)26-27-23(28)32-15-21(29)25-17-4-3-5-20(14-17)31-2/h3-14H,15H2,1-2H3,(H,25,29). The summed E-state index contributed by atoms with van der Waals surface area (Å²) in [4.78, 5) is 16.6. The fourth-order valence-electron chi connectivity index (χ4n) is 3.04. The van der Waals surface area contributed by atoms with E-state index in [0.29, 0.717) is 22.4 Å². The summed E-state index contributed by atoms with van der Waals surface area (Å²) in [6, 6.07) is 18.6. The third-order valence-electron chi connectivity index (χ3n) is 4.59. The normalized spacial score (nSPS) is 10.6. The summed E-state index contributed by atoms with van der Waals surface area (Å²) < 4.78 is 12.4. The highest BCUT2D eigenvalue weighted by molar-refractivity contribution is 7.99. The molecule has 8 nitrogen and oxygen atoms in total. The molecule has 2 heterocycles. The van der Waals surface area contributed by atoms with E-state index >= 15 is 0 Å². The van der Waals surface area contributed by atoms with E-state index in [9.17, 15) is 4.79 Å². The number of ether oxygens (including phenoxy) is 2. The quantitative estimate of drug-likeness (QED) is 0.407. The molecule has 9 heteroatoms. The fourth-order valence-corrected chi connectivity index (χ4v) is 3.80.